The maximum Gasteiger partial charge on any atom is 0.113 e. The quantitative estimate of drug-likeness (QED) is 0.804. The highest BCUT2D eigenvalue weighted by Gasteiger charge is 1.92. The fraction of sp³-hybridized carbons (Fsp3) is 0.222. The summed E-state index contributed by atoms with van der Waals surface area (Å²) < 4.78 is 0.833. The van der Waals surface area contributed by atoms with Gasteiger partial charge in [-0.05, 0) is 28.4 Å². The van der Waals surface area contributed by atoms with Gasteiger partial charge in [0.1, 0.15) is 4.60 Å². The second kappa shape index (κ2) is 5.06. The van der Waals surface area contributed by atoms with E-state index in [0.29, 0.717) is 6.42 Å². The minimum Gasteiger partial charge on any atom is -0.396 e. The summed E-state index contributed by atoms with van der Waals surface area (Å²) in [7, 11) is 0. The van der Waals surface area contributed by atoms with Crippen LogP contribution in [0.3, 0.4) is 0 Å². The Morgan fingerprint density at radius 1 is 1.58 bits per heavy atom. The average molecular weight is 228 g/mol. The molecule has 0 aliphatic carbocycles. The lowest BCUT2D eigenvalue weighted by Gasteiger charge is -1.94. The minimum absolute atomic E-state index is 0.189. The Balaban J connectivity index is 2.68. The van der Waals surface area contributed by atoms with Gasteiger partial charge in [0.25, 0.3) is 0 Å². The van der Waals surface area contributed by atoms with Crippen LogP contribution in [0.15, 0.2) is 29.0 Å². The van der Waals surface area contributed by atoms with Crippen LogP contribution < -0.4 is 0 Å². The smallest absolute Gasteiger partial charge is 0.113 e. The Morgan fingerprint density at radius 3 is 3.08 bits per heavy atom. The van der Waals surface area contributed by atoms with Crippen molar-refractivity contribution in [2.24, 2.45) is 0 Å². The molecule has 0 saturated carbocycles. The molecule has 12 heavy (non-hydrogen) atoms. The number of halogens is 1. The number of nitrogens with zero attached hydrogens (tertiary/aromatic N) is 1. The monoisotopic (exact) mass is 227 g/mol. The largest absolute Gasteiger partial charge is 0.396 e. The number of aliphatic hydroxyl groups is 1. The van der Waals surface area contributed by atoms with E-state index in [0.717, 1.165) is 10.2 Å². The van der Waals surface area contributed by atoms with Gasteiger partial charge in [0, 0.05) is 18.4 Å². The zero-order valence-corrected chi connectivity index (χ0v) is 8.16. The van der Waals surface area contributed by atoms with Crippen LogP contribution in [0.4, 0.5) is 0 Å². The normalized spacial score (nSPS) is 10.8. The van der Waals surface area contributed by atoms with Gasteiger partial charge in [-0.2, -0.15) is 0 Å². The highest BCUT2D eigenvalue weighted by molar-refractivity contribution is 9.10. The topological polar surface area (TPSA) is 33.1 Å². The molecule has 3 heteroatoms. The SMILES string of the molecule is OCCC=Cc1cccnc1Br. The Kier molecular flexibility index (Phi) is 3.97. The molecule has 0 spiro atoms. The number of pyridine rings is 1. The van der Waals surface area contributed by atoms with Crippen LogP contribution in [0.25, 0.3) is 6.08 Å². The third-order valence-electron chi connectivity index (χ3n) is 1.38. The van der Waals surface area contributed by atoms with Crippen molar-refractivity contribution >= 4 is 22.0 Å². The third kappa shape index (κ3) is 2.75. The summed E-state index contributed by atoms with van der Waals surface area (Å²) in [4.78, 5) is 4.06. The van der Waals surface area contributed by atoms with Crippen molar-refractivity contribution in [3.05, 3.63) is 34.6 Å². The summed E-state index contributed by atoms with van der Waals surface area (Å²) in [5.74, 6) is 0. The van der Waals surface area contributed by atoms with E-state index in [-0.39, 0.29) is 6.61 Å². The summed E-state index contributed by atoms with van der Waals surface area (Å²) in [5, 5.41) is 8.53. The van der Waals surface area contributed by atoms with E-state index in [1.54, 1.807) is 6.20 Å². The summed E-state index contributed by atoms with van der Waals surface area (Å²) in [6, 6.07) is 3.84. The first-order valence-electron chi connectivity index (χ1n) is 3.72. The highest BCUT2D eigenvalue weighted by Crippen LogP contribution is 2.13. The van der Waals surface area contributed by atoms with Crippen molar-refractivity contribution in [3.8, 4) is 0 Å². The van der Waals surface area contributed by atoms with Gasteiger partial charge >= 0.3 is 0 Å². The van der Waals surface area contributed by atoms with Crippen LogP contribution in [-0.4, -0.2) is 16.7 Å². The molecule has 0 radical (unpaired) electrons. The molecule has 1 aromatic heterocycles. The molecule has 1 heterocycles. The maximum atomic E-state index is 8.53. The van der Waals surface area contributed by atoms with E-state index >= 15 is 0 Å². The molecule has 0 fully saturated rings. The van der Waals surface area contributed by atoms with E-state index < -0.39 is 0 Å². The van der Waals surface area contributed by atoms with E-state index in [4.69, 9.17) is 5.11 Å². The first-order valence-corrected chi connectivity index (χ1v) is 4.52. The van der Waals surface area contributed by atoms with Crippen molar-refractivity contribution in [2.75, 3.05) is 6.61 Å². The summed E-state index contributed by atoms with van der Waals surface area (Å²) in [5.41, 5.74) is 1.03. The second-order valence-corrected chi connectivity index (χ2v) is 3.05. The molecule has 0 saturated heterocycles. The Morgan fingerprint density at radius 2 is 2.42 bits per heavy atom. The summed E-state index contributed by atoms with van der Waals surface area (Å²) in [6.07, 6.45) is 6.27. The van der Waals surface area contributed by atoms with Crippen LogP contribution in [0.1, 0.15) is 12.0 Å². The lowest BCUT2D eigenvalue weighted by Crippen LogP contribution is -1.80. The van der Waals surface area contributed by atoms with Crippen LogP contribution >= 0.6 is 15.9 Å². The van der Waals surface area contributed by atoms with Gasteiger partial charge in [0.2, 0.25) is 0 Å². The molecule has 1 N–H and O–H groups in total. The third-order valence-corrected chi connectivity index (χ3v) is 2.04. The van der Waals surface area contributed by atoms with Gasteiger partial charge in [0.05, 0.1) is 0 Å². The van der Waals surface area contributed by atoms with E-state index in [2.05, 4.69) is 20.9 Å². The molecule has 0 unspecified atom stereocenters. The molecule has 0 aliphatic rings. The zero-order valence-electron chi connectivity index (χ0n) is 6.57. The Bertz CT molecular complexity index is 273. The molecule has 0 aromatic carbocycles. The molecule has 64 valence electrons. The zero-order chi connectivity index (χ0) is 8.81. The molecule has 2 nitrogen and oxygen atoms in total. The minimum atomic E-state index is 0.189. The van der Waals surface area contributed by atoms with Gasteiger partial charge in [-0.15, -0.1) is 0 Å². The first-order chi connectivity index (χ1) is 5.84. The number of aliphatic hydroxyl groups excluding tert-OH is 1. The van der Waals surface area contributed by atoms with Crippen LogP contribution in [0, 0.1) is 0 Å². The average Bonchev–Trinajstić information content (AvgIpc) is 2.09. The Labute approximate surface area is 80.1 Å². The van der Waals surface area contributed by atoms with Crippen molar-refractivity contribution in [3.63, 3.8) is 0 Å². The molecular formula is C9H10BrNO. The van der Waals surface area contributed by atoms with Gasteiger partial charge in [-0.3, -0.25) is 0 Å². The molecular weight excluding hydrogens is 218 g/mol. The predicted octanol–water partition coefficient (Wildman–Crippen LogP) is 2.24. The molecule has 0 bridgehead atoms. The van der Waals surface area contributed by atoms with Crippen molar-refractivity contribution in [1.29, 1.82) is 0 Å². The van der Waals surface area contributed by atoms with Gasteiger partial charge in [0.15, 0.2) is 0 Å². The lowest BCUT2D eigenvalue weighted by molar-refractivity contribution is 0.303. The van der Waals surface area contributed by atoms with Gasteiger partial charge in [-0.25, -0.2) is 4.98 Å². The van der Waals surface area contributed by atoms with Gasteiger partial charge in [-0.1, -0.05) is 18.2 Å². The molecule has 0 aliphatic heterocycles. The molecule has 1 rings (SSSR count). The first kappa shape index (κ1) is 9.42. The second-order valence-electron chi connectivity index (χ2n) is 2.30. The summed E-state index contributed by atoms with van der Waals surface area (Å²) in [6.45, 7) is 0.189. The Hall–Kier alpha value is -0.670. The molecule has 1 aromatic rings. The van der Waals surface area contributed by atoms with Crippen LogP contribution in [-0.2, 0) is 0 Å². The van der Waals surface area contributed by atoms with Crippen LogP contribution in [0.2, 0.25) is 0 Å². The highest BCUT2D eigenvalue weighted by atomic mass is 79.9. The maximum absolute atomic E-state index is 8.53. The van der Waals surface area contributed by atoms with Crippen molar-refractivity contribution in [1.82, 2.24) is 4.98 Å². The predicted molar refractivity (Wildman–Crippen MR) is 52.7 cm³/mol. The number of hydrogen-bond donors (Lipinski definition) is 1. The van der Waals surface area contributed by atoms with E-state index in [9.17, 15) is 0 Å². The summed E-state index contributed by atoms with van der Waals surface area (Å²) >= 11 is 3.32. The number of aromatic nitrogens is 1. The fourth-order valence-corrected chi connectivity index (χ4v) is 1.19. The van der Waals surface area contributed by atoms with Crippen molar-refractivity contribution < 1.29 is 5.11 Å². The molecule has 0 atom stereocenters. The number of hydrogen-bond acceptors (Lipinski definition) is 2. The standard InChI is InChI=1S/C9H10BrNO/c10-9-8(4-1-2-7-12)5-3-6-11-9/h1,3-6,12H,2,7H2. The van der Waals surface area contributed by atoms with Crippen molar-refractivity contribution in [2.45, 2.75) is 6.42 Å². The lowest BCUT2D eigenvalue weighted by atomic mass is 10.2. The van der Waals surface area contributed by atoms with Crippen LogP contribution in [0.5, 0.6) is 0 Å². The van der Waals surface area contributed by atoms with Gasteiger partial charge < -0.3 is 5.11 Å². The molecule has 0 amide bonds. The van der Waals surface area contributed by atoms with E-state index in [1.165, 1.54) is 0 Å². The fourth-order valence-electron chi connectivity index (χ4n) is 0.808. The van der Waals surface area contributed by atoms with E-state index in [1.807, 2.05) is 24.3 Å². The number of rotatable bonds is 3.